The van der Waals surface area contributed by atoms with Gasteiger partial charge in [0.25, 0.3) is 0 Å². The molecule has 1 aromatic rings. The van der Waals surface area contributed by atoms with Crippen LogP contribution in [0.3, 0.4) is 0 Å². The number of aromatic amines is 1. The Kier molecular flexibility index (Phi) is 3.96. The predicted molar refractivity (Wildman–Crippen MR) is 70.7 cm³/mol. The molecule has 1 aromatic heterocycles. The van der Waals surface area contributed by atoms with Crippen LogP contribution >= 0.6 is 12.2 Å². The molecule has 2 heterocycles. The minimum Gasteiger partial charge on any atom is -0.303 e. The summed E-state index contributed by atoms with van der Waals surface area (Å²) in [5.74, 6) is 1.05. The first kappa shape index (κ1) is 12.7. The van der Waals surface area contributed by atoms with Gasteiger partial charge in [0.2, 0.25) is 0 Å². The molecule has 1 saturated heterocycles. The average Bonchev–Trinajstić information content (AvgIpc) is 2.65. The van der Waals surface area contributed by atoms with Crippen molar-refractivity contribution in [2.24, 2.45) is 0 Å². The SMILES string of the molecule is CCc1n[nH]c(=S)n1CC1CN(C)CCN1C. The summed E-state index contributed by atoms with van der Waals surface area (Å²) in [6.45, 7) is 6.39. The number of likely N-dealkylation sites (N-methyl/N-ethyl adjacent to an activating group) is 2. The molecule has 6 heteroatoms. The van der Waals surface area contributed by atoms with Crippen LogP contribution in [0.4, 0.5) is 0 Å². The van der Waals surface area contributed by atoms with Crippen molar-refractivity contribution < 1.29 is 0 Å². The molecule has 17 heavy (non-hydrogen) atoms. The Balaban J connectivity index is 2.13. The number of nitrogens with zero attached hydrogens (tertiary/aromatic N) is 4. The van der Waals surface area contributed by atoms with Crippen molar-refractivity contribution in [1.82, 2.24) is 24.6 Å². The van der Waals surface area contributed by atoms with Crippen molar-refractivity contribution in [2.45, 2.75) is 25.9 Å². The first-order valence-electron chi connectivity index (χ1n) is 6.14. The molecule has 0 aromatic carbocycles. The molecule has 96 valence electrons. The maximum atomic E-state index is 5.29. The molecular weight excluding hydrogens is 234 g/mol. The summed E-state index contributed by atoms with van der Waals surface area (Å²) in [5, 5.41) is 7.14. The fourth-order valence-electron chi connectivity index (χ4n) is 2.32. The molecule has 0 bridgehead atoms. The minimum atomic E-state index is 0.517. The van der Waals surface area contributed by atoms with E-state index < -0.39 is 0 Å². The molecule has 0 aliphatic carbocycles. The van der Waals surface area contributed by atoms with Crippen molar-refractivity contribution in [1.29, 1.82) is 0 Å². The van der Waals surface area contributed by atoms with Crippen LogP contribution in [0.15, 0.2) is 0 Å². The first-order chi connectivity index (χ1) is 8.11. The van der Waals surface area contributed by atoms with Gasteiger partial charge in [-0.25, -0.2) is 0 Å². The topological polar surface area (TPSA) is 40.1 Å². The highest BCUT2D eigenvalue weighted by Gasteiger charge is 2.23. The Hall–Kier alpha value is -0.720. The molecule has 0 amide bonds. The monoisotopic (exact) mass is 255 g/mol. The molecule has 1 aliphatic rings. The van der Waals surface area contributed by atoms with Gasteiger partial charge in [-0.1, -0.05) is 6.92 Å². The van der Waals surface area contributed by atoms with Crippen molar-refractivity contribution in [3.05, 3.63) is 10.6 Å². The zero-order valence-corrected chi connectivity index (χ0v) is 11.6. The summed E-state index contributed by atoms with van der Waals surface area (Å²) in [7, 11) is 4.36. The van der Waals surface area contributed by atoms with E-state index in [1.807, 2.05) is 0 Å². The van der Waals surface area contributed by atoms with Gasteiger partial charge in [0.1, 0.15) is 5.82 Å². The van der Waals surface area contributed by atoms with Gasteiger partial charge in [-0.15, -0.1) is 0 Å². The molecule has 1 fully saturated rings. The molecule has 1 aliphatic heterocycles. The van der Waals surface area contributed by atoms with Gasteiger partial charge in [0.15, 0.2) is 4.77 Å². The second-order valence-electron chi connectivity index (χ2n) is 4.81. The highest BCUT2D eigenvalue weighted by Crippen LogP contribution is 2.10. The summed E-state index contributed by atoms with van der Waals surface area (Å²) >= 11 is 5.29. The number of piperazine rings is 1. The van der Waals surface area contributed by atoms with E-state index in [0.717, 1.165) is 43.2 Å². The van der Waals surface area contributed by atoms with E-state index in [9.17, 15) is 0 Å². The largest absolute Gasteiger partial charge is 0.303 e. The zero-order valence-electron chi connectivity index (χ0n) is 10.8. The van der Waals surface area contributed by atoms with Gasteiger partial charge in [-0.2, -0.15) is 5.10 Å². The number of H-pyrrole nitrogens is 1. The second-order valence-corrected chi connectivity index (χ2v) is 5.19. The maximum Gasteiger partial charge on any atom is 0.195 e. The number of hydrogen-bond acceptors (Lipinski definition) is 4. The average molecular weight is 255 g/mol. The van der Waals surface area contributed by atoms with Crippen LogP contribution < -0.4 is 0 Å². The Bertz CT molecular complexity index is 424. The van der Waals surface area contributed by atoms with Crippen molar-refractivity contribution in [2.75, 3.05) is 33.7 Å². The van der Waals surface area contributed by atoms with Gasteiger partial charge in [0.05, 0.1) is 0 Å². The number of aromatic nitrogens is 3. The quantitative estimate of drug-likeness (QED) is 0.809. The van der Waals surface area contributed by atoms with Crippen molar-refractivity contribution in [3.63, 3.8) is 0 Å². The molecule has 0 saturated carbocycles. The molecule has 1 unspecified atom stereocenters. The van der Waals surface area contributed by atoms with Crippen LogP contribution in [0.25, 0.3) is 0 Å². The molecule has 1 N–H and O–H groups in total. The number of hydrogen-bond donors (Lipinski definition) is 1. The molecular formula is C11H21N5S. The summed E-state index contributed by atoms with van der Waals surface area (Å²) in [4.78, 5) is 4.79. The van der Waals surface area contributed by atoms with Crippen LogP contribution in [-0.4, -0.2) is 64.3 Å². The lowest BCUT2D eigenvalue weighted by Gasteiger charge is -2.37. The predicted octanol–water partition coefficient (Wildman–Crippen LogP) is 0.749. The van der Waals surface area contributed by atoms with E-state index >= 15 is 0 Å². The maximum absolute atomic E-state index is 5.29. The third kappa shape index (κ3) is 2.75. The highest BCUT2D eigenvalue weighted by atomic mass is 32.1. The fourth-order valence-corrected chi connectivity index (χ4v) is 2.54. The Labute approximate surface area is 107 Å². The van der Waals surface area contributed by atoms with Gasteiger partial charge in [-0.05, 0) is 26.3 Å². The number of nitrogens with one attached hydrogen (secondary N) is 1. The Morgan fingerprint density at radius 1 is 1.41 bits per heavy atom. The molecule has 0 spiro atoms. The number of rotatable bonds is 3. The third-order valence-electron chi connectivity index (χ3n) is 3.53. The number of aryl methyl sites for hydroxylation is 1. The van der Waals surface area contributed by atoms with Crippen molar-refractivity contribution >= 4 is 12.2 Å². The lowest BCUT2D eigenvalue weighted by atomic mass is 10.2. The van der Waals surface area contributed by atoms with Gasteiger partial charge in [-0.3, -0.25) is 10.00 Å². The molecule has 1 atom stereocenters. The summed E-state index contributed by atoms with van der Waals surface area (Å²) in [6, 6.07) is 0.517. The van der Waals surface area contributed by atoms with E-state index in [0.29, 0.717) is 6.04 Å². The fraction of sp³-hybridized carbons (Fsp3) is 0.818. The lowest BCUT2D eigenvalue weighted by Crippen LogP contribution is -2.51. The van der Waals surface area contributed by atoms with E-state index in [1.165, 1.54) is 0 Å². The van der Waals surface area contributed by atoms with Crippen LogP contribution in [0.5, 0.6) is 0 Å². The summed E-state index contributed by atoms with van der Waals surface area (Å²) in [6.07, 6.45) is 0.916. The third-order valence-corrected chi connectivity index (χ3v) is 3.84. The van der Waals surface area contributed by atoms with Crippen LogP contribution in [-0.2, 0) is 13.0 Å². The van der Waals surface area contributed by atoms with E-state index in [1.54, 1.807) is 0 Å². The lowest BCUT2D eigenvalue weighted by molar-refractivity contribution is 0.102. The first-order valence-corrected chi connectivity index (χ1v) is 6.55. The standard InChI is InChI=1S/C11H21N5S/c1-4-10-12-13-11(17)16(10)8-9-7-14(2)5-6-15(9)3/h9H,4-8H2,1-3H3,(H,13,17). The molecule has 0 radical (unpaired) electrons. The highest BCUT2D eigenvalue weighted by molar-refractivity contribution is 7.71. The minimum absolute atomic E-state index is 0.517. The second kappa shape index (κ2) is 5.29. The Morgan fingerprint density at radius 2 is 2.18 bits per heavy atom. The van der Waals surface area contributed by atoms with E-state index in [4.69, 9.17) is 12.2 Å². The van der Waals surface area contributed by atoms with Crippen LogP contribution in [0, 0.1) is 4.77 Å². The van der Waals surface area contributed by atoms with E-state index in [-0.39, 0.29) is 0 Å². The van der Waals surface area contributed by atoms with Gasteiger partial charge >= 0.3 is 0 Å². The van der Waals surface area contributed by atoms with Gasteiger partial charge in [0, 0.05) is 38.6 Å². The summed E-state index contributed by atoms with van der Waals surface area (Å²) < 4.78 is 2.87. The molecule has 2 rings (SSSR count). The van der Waals surface area contributed by atoms with Gasteiger partial charge < -0.3 is 9.47 Å². The van der Waals surface area contributed by atoms with Crippen LogP contribution in [0.1, 0.15) is 12.7 Å². The Morgan fingerprint density at radius 3 is 2.88 bits per heavy atom. The van der Waals surface area contributed by atoms with Crippen molar-refractivity contribution in [3.8, 4) is 0 Å². The molecule has 5 nitrogen and oxygen atoms in total. The van der Waals surface area contributed by atoms with E-state index in [2.05, 4.69) is 45.6 Å². The zero-order chi connectivity index (χ0) is 12.4. The van der Waals surface area contributed by atoms with Crippen LogP contribution in [0.2, 0.25) is 0 Å². The normalized spacial score (nSPS) is 23.1. The smallest absolute Gasteiger partial charge is 0.195 e. The summed E-state index contributed by atoms with van der Waals surface area (Å²) in [5.41, 5.74) is 0.